The molecule has 0 amide bonds. The normalized spacial score (nSPS) is 29.3. The van der Waals surface area contributed by atoms with Crippen molar-refractivity contribution in [2.24, 2.45) is 17.8 Å². The number of aliphatic carboxylic acids is 1. The zero-order valence-corrected chi connectivity index (χ0v) is 15.0. The van der Waals surface area contributed by atoms with Crippen LogP contribution in [0.1, 0.15) is 25.0 Å². The fourth-order valence-electron chi connectivity index (χ4n) is 4.53. The lowest BCUT2D eigenvalue weighted by Crippen LogP contribution is -2.57. The van der Waals surface area contributed by atoms with Crippen molar-refractivity contribution in [2.75, 3.05) is 29.4 Å². The van der Waals surface area contributed by atoms with Gasteiger partial charge in [-0.2, -0.15) is 31.3 Å². The molecule has 3 saturated heterocycles. The Hall–Kier alpha value is -2.27. The molecule has 6 nitrogen and oxygen atoms in total. The van der Waals surface area contributed by atoms with Crippen LogP contribution in [0.25, 0.3) is 0 Å². The molecule has 1 N–H and O–H groups in total. The third kappa shape index (κ3) is 3.68. The first-order chi connectivity index (χ1) is 13.4. The van der Waals surface area contributed by atoms with Gasteiger partial charge in [0.05, 0.1) is 0 Å². The number of nitrogens with zero attached hydrogens (tertiary/aromatic N) is 4. The van der Waals surface area contributed by atoms with Crippen LogP contribution in [-0.2, 0) is 11.0 Å². The van der Waals surface area contributed by atoms with Crippen LogP contribution in [0.2, 0.25) is 0 Å². The van der Waals surface area contributed by atoms with Crippen LogP contribution in [-0.4, -0.2) is 52.9 Å². The minimum Gasteiger partial charge on any atom is -0.481 e. The van der Waals surface area contributed by atoms with E-state index in [9.17, 15) is 31.1 Å². The maximum Gasteiger partial charge on any atom is 0.433 e. The molecule has 5 rings (SSSR count). The summed E-state index contributed by atoms with van der Waals surface area (Å²) in [5, 5.41) is 8.98. The molecule has 0 spiro atoms. The van der Waals surface area contributed by atoms with E-state index >= 15 is 0 Å². The minimum absolute atomic E-state index is 0.00698. The Morgan fingerprint density at radius 3 is 2.28 bits per heavy atom. The van der Waals surface area contributed by atoms with Crippen LogP contribution in [0.3, 0.4) is 0 Å². The first-order valence-electron chi connectivity index (χ1n) is 9.20. The molecule has 1 aliphatic carbocycles. The molecular formula is C17H18F6N4O2. The van der Waals surface area contributed by atoms with E-state index in [1.807, 2.05) is 0 Å². The summed E-state index contributed by atoms with van der Waals surface area (Å²) < 4.78 is 79.1. The Morgan fingerprint density at radius 2 is 1.79 bits per heavy atom. The summed E-state index contributed by atoms with van der Waals surface area (Å²) in [6.07, 6.45) is -8.82. The second-order valence-electron chi connectivity index (χ2n) is 7.87. The number of alkyl halides is 6. The van der Waals surface area contributed by atoms with Gasteiger partial charge in [0.25, 0.3) is 0 Å². The van der Waals surface area contributed by atoms with Gasteiger partial charge in [0.1, 0.15) is 11.9 Å². The summed E-state index contributed by atoms with van der Waals surface area (Å²) in [5.41, 5.74) is -1.29. The van der Waals surface area contributed by atoms with Gasteiger partial charge in [-0.1, -0.05) is 0 Å². The third-order valence-corrected chi connectivity index (χ3v) is 6.11. The lowest BCUT2D eigenvalue weighted by Gasteiger charge is -2.53. The van der Waals surface area contributed by atoms with E-state index in [0.717, 1.165) is 17.4 Å². The highest BCUT2D eigenvalue weighted by atomic mass is 19.4. The van der Waals surface area contributed by atoms with E-state index in [1.54, 1.807) is 4.90 Å². The predicted octanol–water partition coefficient (Wildman–Crippen LogP) is 3.18. The van der Waals surface area contributed by atoms with Crippen LogP contribution in [0, 0.1) is 17.8 Å². The number of rotatable bonds is 4. The highest BCUT2D eigenvalue weighted by molar-refractivity contribution is 5.67. The number of hydrogen-bond donors (Lipinski definition) is 1. The molecule has 3 atom stereocenters. The second-order valence-corrected chi connectivity index (χ2v) is 7.87. The Balaban J connectivity index is 1.60. The molecule has 0 radical (unpaired) electrons. The van der Waals surface area contributed by atoms with Gasteiger partial charge in [-0.05, 0) is 30.6 Å². The summed E-state index contributed by atoms with van der Waals surface area (Å²) in [6.45, 7) is 0.576. The van der Waals surface area contributed by atoms with Crippen LogP contribution in [0.15, 0.2) is 6.07 Å². The Morgan fingerprint density at radius 1 is 1.14 bits per heavy atom. The van der Waals surface area contributed by atoms with Crippen LogP contribution in [0.4, 0.5) is 38.1 Å². The maximum atomic E-state index is 13.3. The van der Waals surface area contributed by atoms with Crippen molar-refractivity contribution < 1.29 is 36.2 Å². The van der Waals surface area contributed by atoms with Crippen molar-refractivity contribution in [3.05, 3.63) is 11.8 Å². The molecule has 1 aromatic heterocycles. The SMILES string of the molecule is O=C(O)CC1C2CC1CN(c1cc(C(F)(F)F)nc(N3CCC3C(F)(F)F)n1)C2. The van der Waals surface area contributed by atoms with Crippen molar-refractivity contribution in [3.63, 3.8) is 0 Å². The van der Waals surface area contributed by atoms with Gasteiger partial charge >= 0.3 is 18.3 Å². The van der Waals surface area contributed by atoms with Gasteiger partial charge in [-0.25, -0.2) is 4.98 Å². The number of halogens is 6. The standard InChI is InChI=1S/C17H18F6N4O2/c18-16(19,20)11-5-13(25-15(24-11)27-2-1-12(27)17(21,22)23)26-6-8-3-9(7-26)10(8)4-14(28)29/h5,8-10,12H,1-4,6-7H2,(H,28,29). The first kappa shape index (κ1) is 20.0. The van der Waals surface area contributed by atoms with Crippen LogP contribution in [0.5, 0.6) is 0 Å². The van der Waals surface area contributed by atoms with Gasteiger partial charge in [0, 0.05) is 32.1 Å². The molecule has 4 heterocycles. The van der Waals surface area contributed by atoms with E-state index in [-0.39, 0.29) is 43.0 Å². The van der Waals surface area contributed by atoms with Crippen molar-refractivity contribution in [2.45, 2.75) is 37.7 Å². The maximum absolute atomic E-state index is 13.3. The summed E-state index contributed by atoms with van der Waals surface area (Å²) >= 11 is 0. The number of anilines is 2. The Kier molecular flexibility index (Phi) is 4.57. The van der Waals surface area contributed by atoms with Crippen LogP contribution < -0.4 is 9.80 Å². The van der Waals surface area contributed by atoms with Crippen LogP contribution >= 0.6 is 0 Å². The molecule has 2 bridgehead atoms. The summed E-state index contributed by atoms with van der Waals surface area (Å²) in [5.74, 6) is -1.56. The Bertz CT molecular complexity index is 802. The summed E-state index contributed by atoms with van der Waals surface area (Å²) in [6, 6.07) is -1.14. The zero-order chi connectivity index (χ0) is 21.1. The quantitative estimate of drug-likeness (QED) is 0.749. The molecule has 1 saturated carbocycles. The molecule has 4 aliphatic rings. The first-order valence-corrected chi connectivity index (χ1v) is 9.20. The van der Waals surface area contributed by atoms with Gasteiger partial charge in [-0.15, -0.1) is 0 Å². The van der Waals surface area contributed by atoms with E-state index in [4.69, 9.17) is 5.11 Å². The molecule has 0 aromatic carbocycles. The zero-order valence-electron chi connectivity index (χ0n) is 15.0. The number of piperidine rings is 2. The van der Waals surface area contributed by atoms with Crippen molar-refractivity contribution in [3.8, 4) is 0 Å². The number of aromatic nitrogens is 2. The molecule has 3 unspecified atom stereocenters. The largest absolute Gasteiger partial charge is 0.481 e. The number of fused-ring (bicyclic) bond motifs is 2. The number of carboxylic acid groups (broad SMARTS) is 1. The topological polar surface area (TPSA) is 69.6 Å². The van der Waals surface area contributed by atoms with E-state index < -0.39 is 36.0 Å². The van der Waals surface area contributed by atoms with Gasteiger partial charge < -0.3 is 14.9 Å². The lowest BCUT2D eigenvalue weighted by atomic mass is 9.60. The van der Waals surface area contributed by atoms with Gasteiger partial charge in [-0.3, -0.25) is 4.79 Å². The van der Waals surface area contributed by atoms with Gasteiger partial charge in [0.15, 0.2) is 5.69 Å². The molecule has 29 heavy (non-hydrogen) atoms. The molecule has 3 aliphatic heterocycles. The summed E-state index contributed by atoms with van der Waals surface area (Å²) in [4.78, 5) is 20.7. The fraction of sp³-hybridized carbons (Fsp3) is 0.706. The third-order valence-electron chi connectivity index (χ3n) is 6.11. The Labute approximate surface area is 161 Å². The lowest BCUT2D eigenvalue weighted by molar-refractivity contribution is -0.160. The van der Waals surface area contributed by atoms with E-state index in [1.165, 1.54) is 0 Å². The fourth-order valence-corrected chi connectivity index (χ4v) is 4.53. The van der Waals surface area contributed by atoms with E-state index in [0.29, 0.717) is 13.1 Å². The number of carboxylic acids is 1. The molecule has 160 valence electrons. The van der Waals surface area contributed by atoms with Crippen molar-refractivity contribution >= 4 is 17.7 Å². The average molecular weight is 424 g/mol. The molecule has 4 fully saturated rings. The molecular weight excluding hydrogens is 406 g/mol. The molecule has 1 aromatic rings. The van der Waals surface area contributed by atoms with Gasteiger partial charge in [0.2, 0.25) is 5.95 Å². The number of carbonyl (C=O) groups is 1. The van der Waals surface area contributed by atoms with Crippen molar-refractivity contribution in [1.82, 2.24) is 9.97 Å². The summed E-state index contributed by atoms with van der Waals surface area (Å²) in [7, 11) is 0. The molecule has 12 heteroatoms. The predicted molar refractivity (Wildman–Crippen MR) is 88.4 cm³/mol. The monoisotopic (exact) mass is 424 g/mol. The second kappa shape index (κ2) is 6.63. The van der Waals surface area contributed by atoms with Crippen molar-refractivity contribution in [1.29, 1.82) is 0 Å². The highest BCUT2D eigenvalue weighted by Gasteiger charge is 2.51. The highest BCUT2D eigenvalue weighted by Crippen LogP contribution is 2.48. The smallest absolute Gasteiger partial charge is 0.433 e. The average Bonchev–Trinajstić information content (AvgIpc) is 2.56. The minimum atomic E-state index is -4.82. The van der Waals surface area contributed by atoms with E-state index in [2.05, 4.69) is 9.97 Å². The number of hydrogen-bond acceptors (Lipinski definition) is 5.